The Morgan fingerprint density at radius 3 is 2.57 bits per heavy atom. The van der Waals surface area contributed by atoms with Gasteiger partial charge < -0.3 is 4.90 Å². The van der Waals surface area contributed by atoms with Crippen molar-refractivity contribution in [2.24, 2.45) is 0 Å². The first-order chi connectivity index (χ1) is 11.2. The van der Waals surface area contributed by atoms with Gasteiger partial charge in [-0.15, -0.1) is 0 Å². The fraction of sp³-hybridized carbons (Fsp3) is 0.222. The van der Waals surface area contributed by atoms with Crippen LogP contribution in [0.15, 0.2) is 42.5 Å². The predicted octanol–water partition coefficient (Wildman–Crippen LogP) is 4.69. The maximum atomic E-state index is 14.1. The Bertz CT molecular complexity index is 875. The minimum atomic E-state index is -0.312. The van der Waals surface area contributed by atoms with Crippen molar-refractivity contribution in [1.82, 2.24) is 9.97 Å². The van der Waals surface area contributed by atoms with Crippen molar-refractivity contribution in [2.45, 2.75) is 12.8 Å². The number of hydrogen-bond acceptors (Lipinski definition) is 3. The Labute approximate surface area is 138 Å². The first-order valence-electron chi connectivity index (χ1n) is 7.69. The fourth-order valence-electron chi connectivity index (χ4n) is 3.02. The van der Waals surface area contributed by atoms with Crippen LogP contribution >= 0.6 is 11.6 Å². The van der Waals surface area contributed by atoms with Gasteiger partial charge in [-0.3, -0.25) is 0 Å². The molecule has 0 atom stereocenters. The SMILES string of the molecule is Fc1ccccc1-c1nc(N2CCCC2)c2cc(Cl)ccc2n1. The van der Waals surface area contributed by atoms with E-state index in [1.54, 1.807) is 24.3 Å². The van der Waals surface area contributed by atoms with Gasteiger partial charge in [-0.05, 0) is 43.2 Å². The molecule has 116 valence electrons. The highest BCUT2D eigenvalue weighted by atomic mass is 35.5. The van der Waals surface area contributed by atoms with Crippen LogP contribution in [0.3, 0.4) is 0 Å². The summed E-state index contributed by atoms with van der Waals surface area (Å²) in [5.74, 6) is 0.946. The zero-order valence-corrected chi connectivity index (χ0v) is 13.2. The van der Waals surface area contributed by atoms with Crippen LogP contribution in [0.2, 0.25) is 5.02 Å². The number of nitrogens with zero attached hydrogens (tertiary/aromatic N) is 3. The first kappa shape index (κ1) is 14.4. The molecule has 2 heterocycles. The highest BCUT2D eigenvalue weighted by Gasteiger charge is 2.19. The number of rotatable bonds is 2. The molecule has 1 aliphatic heterocycles. The molecule has 0 spiro atoms. The van der Waals surface area contributed by atoms with E-state index in [2.05, 4.69) is 14.9 Å². The van der Waals surface area contributed by atoms with Crippen LogP contribution in [0.4, 0.5) is 10.2 Å². The lowest BCUT2D eigenvalue weighted by Gasteiger charge is -2.19. The molecular formula is C18H15ClFN3. The molecule has 2 aromatic carbocycles. The van der Waals surface area contributed by atoms with Gasteiger partial charge in [0.2, 0.25) is 0 Å². The topological polar surface area (TPSA) is 29.0 Å². The average Bonchev–Trinajstić information content (AvgIpc) is 3.09. The monoisotopic (exact) mass is 327 g/mol. The van der Waals surface area contributed by atoms with Gasteiger partial charge in [-0.2, -0.15) is 0 Å². The molecule has 0 bridgehead atoms. The molecule has 0 saturated carbocycles. The number of benzene rings is 2. The van der Waals surface area contributed by atoms with Crippen molar-refractivity contribution in [3.63, 3.8) is 0 Å². The zero-order valence-electron chi connectivity index (χ0n) is 12.5. The van der Waals surface area contributed by atoms with Gasteiger partial charge in [0.1, 0.15) is 11.6 Å². The maximum Gasteiger partial charge on any atom is 0.165 e. The fourth-order valence-corrected chi connectivity index (χ4v) is 3.19. The molecule has 0 radical (unpaired) electrons. The molecule has 1 aromatic heterocycles. The molecule has 3 nitrogen and oxygen atoms in total. The third-order valence-electron chi connectivity index (χ3n) is 4.16. The zero-order chi connectivity index (χ0) is 15.8. The second-order valence-electron chi connectivity index (χ2n) is 5.71. The smallest absolute Gasteiger partial charge is 0.165 e. The van der Waals surface area contributed by atoms with Crippen LogP contribution in [0.25, 0.3) is 22.3 Å². The van der Waals surface area contributed by atoms with E-state index in [1.165, 1.54) is 6.07 Å². The van der Waals surface area contributed by atoms with Crippen molar-refractivity contribution in [2.75, 3.05) is 18.0 Å². The minimum absolute atomic E-state index is 0.312. The number of aromatic nitrogens is 2. The quantitative estimate of drug-likeness (QED) is 0.683. The summed E-state index contributed by atoms with van der Waals surface area (Å²) in [7, 11) is 0. The van der Waals surface area contributed by atoms with Crippen molar-refractivity contribution in [1.29, 1.82) is 0 Å². The van der Waals surface area contributed by atoms with Gasteiger partial charge in [0, 0.05) is 23.5 Å². The van der Waals surface area contributed by atoms with Crippen LogP contribution in [0.1, 0.15) is 12.8 Å². The summed E-state index contributed by atoms with van der Waals surface area (Å²) in [6.45, 7) is 1.91. The van der Waals surface area contributed by atoms with Gasteiger partial charge in [-0.1, -0.05) is 23.7 Å². The summed E-state index contributed by atoms with van der Waals surface area (Å²) in [6.07, 6.45) is 2.28. The Balaban J connectivity index is 1.96. The molecule has 0 unspecified atom stereocenters. The van der Waals surface area contributed by atoms with E-state index >= 15 is 0 Å². The van der Waals surface area contributed by atoms with Crippen molar-refractivity contribution >= 4 is 28.3 Å². The van der Waals surface area contributed by atoms with Crippen molar-refractivity contribution < 1.29 is 4.39 Å². The van der Waals surface area contributed by atoms with Crippen LogP contribution < -0.4 is 4.90 Å². The third-order valence-corrected chi connectivity index (χ3v) is 4.39. The van der Waals surface area contributed by atoms with Gasteiger partial charge in [0.15, 0.2) is 5.82 Å². The molecule has 3 aromatic rings. The second-order valence-corrected chi connectivity index (χ2v) is 6.14. The standard InChI is InChI=1S/C18H15ClFN3/c19-12-7-8-16-14(11-12)18(23-9-3-4-10-23)22-17(21-16)13-5-1-2-6-15(13)20/h1-2,5-8,11H,3-4,9-10H2. The normalized spacial score (nSPS) is 14.6. The lowest BCUT2D eigenvalue weighted by molar-refractivity contribution is 0.630. The van der Waals surface area contributed by atoms with Crippen LogP contribution in [-0.4, -0.2) is 23.1 Å². The number of fused-ring (bicyclic) bond motifs is 1. The highest BCUT2D eigenvalue weighted by Crippen LogP contribution is 2.32. The van der Waals surface area contributed by atoms with E-state index in [0.29, 0.717) is 16.4 Å². The first-order valence-corrected chi connectivity index (χ1v) is 8.07. The molecule has 0 N–H and O–H groups in total. The van der Waals surface area contributed by atoms with E-state index < -0.39 is 0 Å². The Morgan fingerprint density at radius 2 is 1.78 bits per heavy atom. The molecule has 1 saturated heterocycles. The highest BCUT2D eigenvalue weighted by molar-refractivity contribution is 6.31. The summed E-state index contributed by atoms with van der Waals surface area (Å²) >= 11 is 6.15. The summed E-state index contributed by atoms with van der Waals surface area (Å²) in [5.41, 5.74) is 1.20. The number of halogens is 2. The third kappa shape index (κ3) is 2.63. The largest absolute Gasteiger partial charge is 0.356 e. The van der Waals surface area contributed by atoms with Crippen LogP contribution in [0, 0.1) is 5.82 Å². The number of hydrogen-bond donors (Lipinski definition) is 0. The van der Waals surface area contributed by atoms with Gasteiger partial charge in [0.05, 0.1) is 11.1 Å². The second kappa shape index (κ2) is 5.78. The molecule has 5 heteroatoms. The summed E-state index contributed by atoms with van der Waals surface area (Å²) < 4.78 is 14.1. The van der Waals surface area contributed by atoms with Crippen LogP contribution in [0.5, 0.6) is 0 Å². The molecule has 23 heavy (non-hydrogen) atoms. The lowest BCUT2D eigenvalue weighted by atomic mass is 10.1. The molecule has 4 rings (SSSR count). The maximum absolute atomic E-state index is 14.1. The van der Waals surface area contributed by atoms with E-state index in [4.69, 9.17) is 11.6 Å². The Kier molecular flexibility index (Phi) is 3.62. The van der Waals surface area contributed by atoms with Gasteiger partial charge in [0.25, 0.3) is 0 Å². The Morgan fingerprint density at radius 1 is 1.00 bits per heavy atom. The van der Waals surface area contributed by atoms with Crippen molar-refractivity contribution in [3.8, 4) is 11.4 Å². The predicted molar refractivity (Wildman–Crippen MR) is 91.4 cm³/mol. The summed E-state index contributed by atoms with van der Waals surface area (Å²) in [4.78, 5) is 11.4. The van der Waals surface area contributed by atoms with E-state index in [1.807, 2.05) is 12.1 Å². The number of anilines is 1. The molecule has 1 aliphatic rings. The molecule has 0 amide bonds. The van der Waals surface area contributed by atoms with Crippen molar-refractivity contribution in [3.05, 3.63) is 53.3 Å². The average molecular weight is 328 g/mol. The lowest BCUT2D eigenvalue weighted by Crippen LogP contribution is -2.20. The molecule has 1 fully saturated rings. The van der Waals surface area contributed by atoms with E-state index in [-0.39, 0.29) is 5.82 Å². The van der Waals surface area contributed by atoms with E-state index in [9.17, 15) is 4.39 Å². The van der Waals surface area contributed by atoms with E-state index in [0.717, 1.165) is 42.7 Å². The van der Waals surface area contributed by atoms with Gasteiger partial charge in [-0.25, -0.2) is 14.4 Å². The summed E-state index contributed by atoms with van der Waals surface area (Å²) in [5, 5.41) is 1.57. The van der Waals surface area contributed by atoms with Crippen LogP contribution in [-0.2, 0) is 0 Å². The van der Waals surface area contributed by atoms with Gasteiger partial charge >= 0.3 is 0 Å². The minimum Gasteiger partial charge on any atom is -0.356 e. The molecular weight excluding hydrogens is 313 g/mol. The molecule has 0 aliphatic carbocycles. The summed E-state index contributed by atoms with van der Waals surface area (Å²) in [6, 6.07) is 12.2. The Hall–Kier alpha value is -2.20.